The van der Waals surface area contributed by atoms with Gasteiger partial charge in [-0.25, -0.2) is 19.9 Å². The van der Waals surface area contributed by atoms with Crippen molar-refractivity contribution in [2.45, 2.75) is 112 Å². The van der Waals surface area contributed by atoms with E-state index in [1.54, 1.807) is 112 Å². The summed E-state index contributed by atoms with van der Waals surface area (Å²) in [7, 11) is 1.51. The van der Waals surface area contributed by atoms with Crippen molar-refractivity contribution in [1.29, 1.82) is 0 Å². The van der Waals surface area contributed by atoms with Gasteiger partial charge in [-0.3, -0.25) is 58.3 Å². The van der Waals surface area contributed by atoms with Gasteiger partial charge < -0.3 is 30.4 Å². The lowest BCUT2D eigenvalue weighted by Crippen LogP contribution is -2.19. The maximum absolute atomic E-state index is 12.8. The number of hydrogen-bond donors (Lipinski definition) is 8. The van der Waals surface area contributed by atoms with Crippen molar-refractivity contribution in [1.82, 2.24) is 79.0 Å². The number of methoxy groups -OCH3 is 1. The van der Waals surface area contributed by atoms with E-state index >= 15 is 0 Å². The fourth-order valence-corrected chi connectivity index (χ4v) is 11.0. The van der Waals surface area contributed by atoms with Crippen molar-refractivity contribution in [2.75, 3.05) is 34.6 Å². The van der Waals surface area contributed by atoms with Gasteiger partial charge in [-0.05, 0) is 120 Å². The molecule has 0 fully saturated rings. The lowest BCUT2D eigenvalue weighted by molar-refractivity contribution is 0.0992. The highest BCUT2D eigenvalue weighted by atomic mass is 35.5. The van der Waals surface area contributed by atoms with Crippen molar-refractivity contribution in [3.8, 4) is 29.5 Å². The molecule has 538 valence electrons. The molecular weight excluding hydrogens is 1370 g/mol. The van der Waals surface area contributed by atoms with Gasteiger partial charge in [0.25, 0.3) is 45.9 Å². The Morgan fingerprint density at radius 2 is 0.798 bits per heavy atom. The number of H-pyrrole nitrogens is 4. The summed E-state index contributed by atoms with van der Waals surface area (Å²) >= 11 is 7.36. The van der Waals surface area contributed by atoms with E-state index < -0.39 is 5.91 Å². The smallest absolute Gasteiger partial charge is 0.292 e. The molecule has 0 saturated carbocycles. The van der Waals surface area contributed by atoms with Crippen molar-refractivity contribution < 1.29 is 28.3 Å². The molecular formula is C72H77ClN20O10S. The third-order valence-corrected chi connectivity index (χ3v) is 15.9. The van der Waals surface area contributed by atoms with Crippen LogP contribution in [-0.2, 0) is 25.7 Å². The second-order valence-corrected chi connectivity index (χ2v) is 24.6. The Bertz CT molecular complexity index is 5080. The summed E-state index contributed by atoms with van der Waals surface area (Å²) in [6.07, 6.45) is 9.58. The van der Waals surface area contributed by atoms with Crippen LogP contribution in [0, 0.1) is 27.7 Å². The Kier molecular flexibility index (Phi) is 26.1. The van der Waals surface area contributed by atoms with Gasteiger partial charge in [-0.2, -0.15) is 39.1 Å². The first-order valence-electron chi connectivity index (χ1n) is 33.1. The normalized spacial score (nSPS) is 10.7. The standard InChI is InChI=1S/C19H21N5O3.C19H21N5O2S.C18H18ClN5O2.C16H17N5O3/c2*1-4-7-13-11-17(25)22-19(20-13)24-16(10-12(2)23-24)21-18(26)14-8-5-6-9-15(14)27-3;1-3-4-14-10-16(25)22-18(20-14)24-15(9-11(2)23-24)21-17(26)12-5-7-13(19)8-6-12;1-3-5-11-9-14(22)19-16(17-11)21-13(8-10(2)20-21)18-15(23)12-6-4-7-24-12/h2*5-6,8-11H,4,7H2,1-3H3,(H,21,26)(H,20,22,25);5-10H,3-4H2,1-2H3,(H,21,26)(H,20,22,25);4,6-9H,3,5H2,1-2H3,(H,18,23)(H,17,19,22). The molecule has 0 atom stereocenters. The van der Waals surface area contributed by atoms with Crippen molar-refractivity contribution in [3.63, 3.8) is 0 Å². The Morgan fingerprint density at radius 3 is 1.15 bits per heavy atom. The van der Waals surface area contributed by atoms with Crippen LogP contribution in [0.15, 0.2) is 168 Å². The average Bonchev–Trinajstić information content (AvgIpc) is 1.69. The summed E-state index contributed by atoms with van der Waals surface area (Å²) in [6.45, 7) is 15.2. The number of carbonyl (C=O) groups is 4. The fourth-order valence-electron chi connectivity index (χ4n) is 10.3. The quantitative estimate of drug-likeness (QED) is 0.0292. The van der Waals surface area contributed by atoms with E-state index in [1.807, 2.05) is 59.1 Å². The number of amides is 4. The molecule has 0 saturated heterocycles. The van der Waals surface area contributed by atoms with Crippen molar-refractivity contribution in [2.24, 2.45) is 0 Å². The number of nitrogens with one attached hydrogen (secondary N) is 8. The summed E-state index contributed by atoms with van der Waals surface area (Å²) in [6, 6.07) is 36.8. The maximum atomic E-state index is 12.8. The molecule has 30 nitrogen and oxygen atoms in total. The van der Waals surface area contributed by atoms with E-state index in [4.69, 9.17) is 20.8 Å². The second-order valence-electron chi connectivity index (χ2n) is 23.3. The largest absolute Gasteiger partial charge is 0.496 e. The van der Waals surface area contributed by atoms with Crippen LogP contribution >= 0.6 is 23.4 Å². The third-order valence-electron chi connectivity index (χ3n) is 14.8. The molecule has 8 N–H and O–H groups in total. The predicted molar refractivity (Wildman–Crippen MR) is 396 cm³/mol. The summed E-state index contributed by atoms with van der Waals surface area (Å²) in [4.78, 5) is 127. The molecule has 9 aromatic heterocycles. The highest BCUT2D eigenvalue weighted by molar-refractivity contribution is 7.98. The number of hydrogen-bond acceptors (Lipinski definition) is 19. The SMILES string of the molecule is CCCc1cc(=O)[nH]c(-n2nc(C)cc2NC(=O)c2ccc(Cl)cc2)n1.CCCc1cc(=O)[nH]c(-n2nc(C)cc2NC(=O)c2ccccc2OC)n1.CCCc1cc(=O)[nH]c(-n2nc(C)cc2NC(=O)c2ccccc2SC)n1.CCCc1cc(=O)[nH]c(-n2nc(C)cc2NC(=O)c2ccco2)n1. The van der Waals surface area contributed by atoms with Crippen LogP contribution in [0.25, 0.3) is 23.8 Å². The number of halogens is 1. The number of ether oxygens (including phenoxy) is 1. The van der Waals surface area contributed by atoms with Crippen LogP contribution in [0.5, 0.6) is 5.75 Å². The Hall–Kier alpha value is -12.4. The van der Waals surface area contributed by atoms with E-state index in [1.165, 1.54) is 68.1 Å². The van der Waals surface area contributed by atoms with E-state index in [0.29, 0.717) is 122 Å². The highest BCUT2D eigenvalue weighted by Crippen LogP contribution is 2.25. The number of aryl methyl sites for hydroxylation is 8. The number of carbonyl (C=O) groups excluding carboxylic acids is 4. The summed E-state index contributed by atoms with van der Waals surface area (Å²) in [5.74, 6) is 2.07. The van der Waals surface area contributed by atoms with E-state index in [2.05, 4.69) is 81.5 Å². The van der Waals surface area contributed by atoms with Crippen LogP contribution in [0.1, 0.15) is 141 Å². The number of aromatic nitrogens is 16. The first-order chi connectivity index (χ1) is 50.0. The van der Waals surface area contributed by atoms with Crippen LogP contribution in [-0.4, -0.2) is 116 Å². The number of rotatable bonds is 22. The van der Waals surface area contributed by atoms with Gasteiger partial charge in [-0.15, -0.1) is 11.8 Å². The van der Waals surface area contributed by atoms with E-state index in [-0.39, 0.29) is 69.5 Å². The number of anilines is 4. The monoisotopic (exact) mass is 1450 g/mol. The first kappa shape index (κ1) is 75.8. The molecule has 0 aliphatic rings. The summed E-state index contributed by atoms with van der Waals surface area (Å²) in [5.41, 5.74) is 5.84. The average molecular weight is 1450 g/mol. The maximum Gasteiger partial charge on any atom is 0.292 e. The van der Waals surface area contributed by atoms with Gasteiger partial charge in [0.1, 0.15) is 29.0 Å². The zero-order valence-corrected chi connectivity index (χ0v) is 60.2. The molecule has 4 amide bonds. The molecule has 0 bridgehead atoms. The number of para-hydroxylation sites is 1. The number of furan rings is 1. The lowest BCUT2D eigenvalue weighted by atomic mass is 10.2. The summed E-state index contributed by atoms with van der Waals surface area (Å²) in [5, 5.41) is 29.1. The number of benzene rings is 3. The van der Waals surface area contributed by atoms with Gasteiger partial charge in [0, 0.05) is 86.8 Å². The van der Waals surface area contributed by atoms with E-state index in [0.717, 1.165) is 30.6 Å². The Balaban J connectivity index is 0.000000161. The van der Waals surface area contributed by atoms with Crippen LogP contribution in [0.2, 0.25) is 5.02 Å². The highest BCUT2D eigenvalue weighted by Gasteiger charge is 2.22. The summed E-state index contributed by atoms with van der Waals surface area (Å²) < 4.78 is 16.0. The molecule has 0 spiro atoms. The molecule has 0 unspecified atom stereocenters. The second kappa shape index (κ2) is 35.8. The molecule has 3 aromatic carbocycles. The van der Waals surface area contributed by atoms with Crippen molar-refractivity contribution >= 4 is 70.3 Å². The van der Waals surface area contributed by atoms with Gasteiger partial charge >= 0.3 is 0 Å². The minimum atomic E-state index is -0.409. The fraction of sp³-hybridized carbons (Fsp3) is 0.250. The molecule has 32 heteroatoms. The van der Waals surface area contributed by atoms with Crippen molar-refractivity contribution in [3.05, 3.63) is 254 Å². The lowest BCUT2D eigenvalue weighted by Gasteiger charge is -2.11. The molecule has 0 radical (unpaired) electrons. The topological polar surface area (TPSA) is 393 Å². The van der Waals surface area contributed by atoms with E-state index in [9.17, 15) is 38.4 Å². The van der Waals surface area contributed by atoms with Crippen LogP contribution in [0.4, 0.5) is 23.3 Å². The number of thioether (sulfide) groups is 1. The Morgan fingerprint density at radius 1 is 0.452 bits per heavy atom. The predicted octanol–water partition coefficient (Wildman–Crippen LogP) is 10.9. The van der Waals surface area contributed by atoms with Crippen LogP contribution < -0.4 is 48.2 Å². The molecule has 12 rings (SSSR count). The molecule has 12 aromatic rings. The molecule has 0 aliphatic carbocycles. The van der Waals surface area contributed by atoms with Crippen LogP contribution in [0.3, 0.4) is 0 Å². The molecule has 9 heterocycles. The van der Waals surface area contributed by atoms with Gasteiger partial charge in [0.2, 0.25) is 23.8 Å². The van der Waals surface area contributed by atoms with Gasteiger partial charge in [0.05, 0.1) is 47.3 Å². The Labute approximate surface area is 604 Å². The molecule has 0 aliphatic heterocycles. The first-order valence-corrected chi connectivity index (χ1v) is 34.7. The zero-order valence-electron chi connectivity index (χ0n) is 58.7. The van der Waals surface area contributed by atoms with Gasteiger partial charge in [-0.1, -0.05) is 89.2 Å². The minimum absolute atomic E-state index is 0.182. The molecule has 104 heavy (non-hydrogen) atoms. The zero-order chi connectivity index (χ0) is 74.6. The minimum Gasteiger partial charge on any atom is -0.496 e. The third kappa shape index (κ3) is 20.2. The van der Waals surface area contributed by atoms with Gasteiger partial charge in [0.15, 0.2) is 5.76 Å². The number of aromatic amines is 4. The number of nitrogens with zero attached hydrogens (tertiary/aromatic N) is 12.